The van der Waals surface area contributed by atoms with Crippen molar-refractivity contribution in [2.75, 3.05) is 18.4 Å². The van der Waals surface area contributed by atoms with Crippen molar-refractivity contribution in [1.82, 2.24) is 16.0 Å². The van der Waals surface area contributed by atoms with Crippen LogP contribution in [0.3, 0.4) is 0 Å². The summed E-state index contributed by atoms with van der Waals surface area (Å²) in [5, 5.41) is 10.3. The van der Waals surface area contributed by atoms with Gasteiger partial charge in [-0.25, -0.2) is 4.79 Å². The molecule has 10 heteroatoms. The van der Waals surface area contributed by atoms with Crippen molar-refractivity contribution >= 4 is 41.3 Å². The molecule has 172 valence electrons. The molecule has 0 bridgehead atoms. The fourth-order valence-corrected chi connectivity index (χ4v) is 2.48. The van der Waals surface area contributed by atoms with E-state index in [1.807, 2.05) is 34.6 Å². The van der Waals surface area contributed by atoms with E-state index in [0.29, 0.717) is 5.69 Å². The molecule has 0 aromatic heterocycles. The fourth-order valence-electron chi connectivity index (χ4n) is 2.42. The van der Waals surface area contributed by atoms with E-state index in [0.717, 1.165) is 5.56 Å². The molecule has 0 radical (unpaired) electrons. The molecule has 0 saturated heterocycles. The van der Waals surface area contributed by atoms with Crippen LogP contribution in [-0.4, -0.2) is 47.7 Å². The SMILES string of the molecule is CC(C)C(NC(=O)CNC(C)(C)C)C(=O)NCC(=O)Nc1ccc(COC(=O)S)cc1. The molecule has 1 rings (SSSR count). The van der Waals surface area contributed by atoms with Crippen molar-refractivity contribution in [2.24, 2.45) is 5.92 Å². The maximum Gasteiger partial charge on any atom is 0.364 e. The zero-order valence-corrected chi connectivity index (χ0v) is 19.5. The Kier molecular flexibility index (Phi) is 10.5. The van der Waals surface area contributed by atoms with Gasteiger partial charge in [0.15, 0.2) is 0 Å². The van der Waals surface area contributed by atoms with E-state index < -0.39 is 23.2 Å². The number of rotatable bonds is 10. The topological polar surface area (TPSA) is 126 Å². The zero-order chi connectivity index (χ0) is 23.6. The van der Waals surface area contributed by atoms with Crippen molar-refractivity contribution in [2.45, 2.75) is 52.8 Å². The maximum absolute atomic E-state index is 12.5. The van der Waals surface area contributed by atoms with Gasteiger partial charge in [0.2, 0.25) is 17.7 Å². The Morgan fingerprint density at radius 2 is 1.61 bits per heavy atom. The lowest BCUT2D eigenvalue weighted by Gasteiger charge is -2.24. The van der Waals surface area contributed by atoms with Crippen LogP contribution in [0.15, 0.2) is 24.3 Å². The first-order valence-electron chi connectivity index (χ1n) is 9.94. The fraction of sp³-hybridized carbons (Fsp3) is 0.524. The van der Waals surface area contributed by atoms with Crippen molar-refractivity contribution in [3.63, 3.8) is 0 Å². The molecule has 0 aliphatic heterocycles. The molecule has 0 aliphatic carbocycles. The second-order valence-corrected chi connectivity index (χ2v) is 8.78. The van der Waals surface area contributed by atoms with Crippen LogP contribution >= 0.6 is 12.6 Å². The number of hydrogen-bond acceptors (Lipinski definition) is 6. The highest BCUT2D eigenvalue weighted by atomic mass is 32.1. The molecule has 1 unspecified atom stereocenters. The number of anilines is 1. The summed E-state index contributed by atoms with van der Waals surface area (Å²) < 4.78 is 4.77. The average molecular weight is 453 g/mol. The summed E-state index contributed by atoms with van der Waals surface area (Å²) in [5.41, 5.74) is 1.05. The Labute approximate surface area is 188 Å². The highest BCUT2D eigenvalue weighted by Crippen LogP contribution is 2.11. The Bertz CT molecular complexity index is 775. The van der Waals surface area contributed by atoms with Crippen molar-refractivity contribution in [3.05, 3.63) is 29.8 Å². The summed E-state index contributed by atoms with van der Waals surface area (Å²) in [5.74, 6) is -1.29. The monoisotopic (exact) mass is 452 g/mol. The van der Waals surface area contributed by atoms with Gasteiger partial charge >= 0.3 is 5.30 Å². The van der Waals surface area contributed by atoms with Gasteiger partial charge < -0.3 is 26.0 Å². The van der Waals surface area contributed by atoms with Crippen LogP contribution in [0, 0.1) is 5.92 Å². The average Bonchev–Trinajstić information content (AvgIpc) is 2.67. The van der Waals surface area contributed by atoms with Gasteiger partial charge in [-0.2, -0.15) is 0 Å². The second-order valence-electron chi connectivity index (χ2n) is 8.41. The van der Waals surface area contributed by atoms with Gasteiger partial charge in [-0.15, -0.1) is 0 Å². The first kappa shape index (κ1) is 26.4. The number of hydrogen-bond donors (Lipinski definition) is 5. The maximum atomic E-state index is 12.5. The smallest absolute Gasteiger partial charge is 0.364 e. The summed E-state index contributed by atoms with van der Waals surface area (Å²) in [6, 6.07) is 5.94. The summed E-state index contributed by atoms with van der Waals surface area (Å²) in [4.78, 5) is 47.5. The largest absolute Gasteiger partial charge is 0.453 e. The molecule has 3 amide bonds. The van der Waals surface area contributed by atoms with E-state index >= 15 is 0 Å². The van der Waals surface area contributed by atoms with E-state index in [1.54, 1.807) is 24.3 Å². The molecule has 1 aromatic carbocycles. The molecule has 9 nitrogen and oxygen atoms in total. The molecular weight excluding hydrogens is 420 g/mol. The van der Waals surface area contributed by atoms with Gasteiger partial charge in [-0.3, -0.25) is 14.4 Å². The third kappa shape index (κ3) is 11.4. The Hall–Kier alpha value is -2.59. The first-order chi connectivity index (χ1) is 14.4. The minimum absolute atomic E-state index is 0.0835. The summed E-state index contributed by atoms with van der Waals surface area (Å²) in [6.45, 7) is 9.38. The highest BCUT2D eigenvalue weighted by molar-refractivity contribution is 7.96. The number of amides is 3. The molecule has 4 N–H and O–H groups in total. The van der Waals surface area contributed by atoms with Crippen LogP contribution in [0.5, 0.6) is 0 Å². The number of benzene rings is 1. The molecule has 31 heavy (non-hydrogen) atoms. The Balaban J connectivity index is 2.51. The molecule has 0 aliphatic rings. The number of carbonyl (C=O) groups excluding carboxylic acids is 4. The zero-order valence-electron chi connectivity index (χ0n) is 18.6. The van der Waals surface area contributed by atoms with Gasteiger partial charge in [0.05, 0.1) is 13.1 Å². The van der Waals surface area contributed by atoms with Crippen LogP contribution in [-0.2, 0) is 25.7 Å². The first-order valence-corrected chi connectivity index (χ1v) is 10.4. The molecule has 1 aromatic rings. The van der Waals surface area contributed by atoms with Crippen molar-refractivity contribution < 1.29 is 23.9 Å². The lowest BCUT2D eigenvalue weighted by molar-refractivity contribution is -0.130. The van der Waals surface area contributed by atoms with E-state index in [-0.39, 0.29) is 37.1 Å². The van der Waals surface area contributed by atoms with E-state index in [1.165, 1.54) is 0 Å². The van der Waals surface area contributed by atoms with Crippen LogP contribution in [0.2, 0.25) is 0 Å². The van der Waals surface area contributed by atoms with Crippen LogP contribution in [0.4, 0.5) is 10.5 Å². The highest BCUT2D eigenvalue weighted by Gasteiger charge is 2.25. The molecule has 0 spiro atoms. The molecule has 1 atom stereocenters. The number of ether oxygens (including phenoxy) is 1. The second kappa shape index (κ2) is 12.3. The van der Waals surface area contributed by atoms with Gasteiger partial charge in [0.25, 0.3) is 0 Å². The minimum Gasteiger partial charge on any atom is -0.453 e. The van der Waals surface area contributed by atoms with Crippen molar-refractivity contribution in [3.8, 4) is 0 Å². The van der Waals surface area contributed by atoms with E-state index in [4.69, 9.17) is 4.74 Å². The van der Waals surface area contributed by atoms with Gasteiger partial charge in [0, 0.05) is 11.2 Å². The van der Waals surface area contributed by atoms with Crippen molar-refractivity contribution in [1.29, 1.82) is 0 Å². The summed E-state index contributed by atoms with van der Waals surface area (Å²) in [6.07, 6.45) is 0. The minimum atomic E-state index is -0.754. The van der Waals surface area contributed by atoms with E-state index in [2.05, 4.69) is 33.9 Å². The third-order valence-corrected chi connectivity index (χ3v) is 4.20. The lowest BCUT2D eigenvalue weighted by atomic mass is 10.0. The lowest BCUT2D eigenvalue weighted by Crippen LogP contribution is -2.53. The van der Waals surface area contributed by atoms with Crippen LogP contribution < -0.4 is 21.3 Å². The molecule has 0 saturated carbocycles. The predicted molar refractivity (Wildman–Crippen MR) is 122 cm³/mol. The predicted octanol–water partition coefficient (Wildman–Crippen LogP) is 1.84. The summed E-state index contributed by atoms with van der Waals surface area (Å²) >= 11 is 3.52. The normalized spacial score (nSPS) is 12.1. The van der Waals surface area contributed by atoms with Gasteiger partial charge in [-0.05, 0) is 44.4 Å². The number of thiol groups is 1. The van der Waals surface area contributed by atoms with E-state index in [9.17, 15) is 19.2 Å². The Morgan fingerprint density at radius 1 is 1.00 bits per heavy atom. The molecule has 0 fully saturated rings. The third-order valence-electron chi connectivity index (χ3n) is 4.07. The Morgan fingerprint density at radius 3 is 2.13 bits per heavy atom. The van der Waals surface area contributed by atoms with Gasteiger partial charge in [0.1, 0.15) is 12.6 Å². The van der Waals surface area contributed by atoms with Crippen LogP contribution in [0.1, 0.15) is 40.2 Å². The number of carbonyl (C=O) groups is 4. The van der Waals surface area contributed by atoms with Crippen LogP contribution in [0.25, 0.3) is 0 Å². The quantitative estimate of drug-likeness (QED) is 0.272. The number of nitrogens with one attached hydrogen (secondary N) is 4. The molecular formula is C21H32N4O5S. The standard InChI is InChI=1S/C21H32N4O5S/c1-13(2)18(25-17(27)11-23-21(3,4)5)19(28)22-10-16(26)24-15-8-6-14(7-9-15)12-30-20(29)31/h6-9,13,18,23H,10-12H2,1-5H3,(H,22,28)(H,24,26)(H,25,27)(H,29,31). The molecule has 0 heterocycles. The summed E-state index contributed by atoms with van der Waals surface area (Å²) in [7, 11) is 0. The van der Waals surface area contributed by atoms with Gasteiger partial charge in [-0.1, -0.05) is 38.6 Å².